The maximum Gasteiger partial charge on any atom is 0.271 e. The van der Waals surface area contributed by atoms with Gasteiger partial charge in [-0.3, -0.25) is 20.4 Å². The smallest absolute Gasteiger partial charge is 0.271 e. The van der Waals surface area contributed by atoms with Crippen LogP contribution in [0.3, 0.4) is 0 Å². The average Bonchev–Trinajstić information content (AvgIpc) is 2.62. The highest BCUT2D eigenvalue weighted by Crippen LogP contribution is 2.28. The van der Waals surface area contributed by atoms with Crippen molar-refractivity contribution < 1.29 is 19.1 Å². The number of amides is 2. The first-order valence-electron chi connectivity index (χ1n) is 7.18. The molecule has 132 valence electrons. The summed E-state index contributed by atoms with van der Waals surface area (Å²) in [6.07, 6.45) is 1.25. The fourth-order valence-corrected chi connectivity index (χ4v) is 2.16. The van der Waals surface area contributed by atoms with E-state index in [0.717, 1.165) is 0 Å². The lowest BCUT2D eigenvalue weighted by Crippen LogP contribution is -2.41. The molecule has 1 aromatic heterocycles. The van der Waals surface area contributed by atoms with Crippen molar-refractivity contribution in [2.75, 3.05) is 13.7 Å². The second kappa shape index (κ2) is 8.55. The molecular weight excluding hydrogens is 369 g/mol. The zero-order valence-electron chi connectivity index (χ0n) is 13.4. The number of ether oxygens (including phenoxy) is 2. The average molecular weight is 384 g/mol. The number of hydrazine groups is 1. The van der Waals surface area contributed by atoms with Crippen LogP contribution >= 0.6 is 23.2 Å². The van der Waals surface area contributed by atoms with Crippen molar-refractivity contribution in [2.24, 2.45) is 0 Å². The zero-order valence-corrected chi connectivity index (χ0v) is 14.9. The molecule has 0 atom stereocenters. The summed E-state index contributed by atoms with van der Waals surface area (Å²) >= 11 is 11.5. The molecular formula is C16H15Cl2N3O4. The number of nitrogens with zero attached hydrogens (tertiary/aromatic N) is 1. The summed E-state index contributed by atoms with van der Waals surface area (Å²) in [6, 6.07) is 6.02. The number of benzene rings is 1. The summed E-state index contributed by atoms with van der Waals surface area (Å²) in [5.41, 5.74) is 5.00. The Kier molecular flexibility index (Phi) is 6.44. The summed E-state index contributed by atoms with van der Waals surface area (Å²) in [4.78, 5) is 27.9. The number of aromatic nitrogens is 1. The second-order valence-corrected chi connectivity index (χ2v) is 5.47. The molecule has 0 bridgehead atoms. The molecule has 2 amide bonds. The predicted octanol–water partition coefficient (Wildman–Crippen LogP) is 2.87. The van der Waals surface area contributed by atoms with Crippen LogP contribution in [0.25, 0.3) is 0 Å². The van der Waals surface area contributed by atoms with Gasteiger partial charge in [-0.25, -0.2) is 4.98 Å². The third-order valence-corrected chi connectivity index (χ3v) is 3.76. The lowest BCUT2D eigenvalue weighted by Gasteiger charge is -2.11. The van der Waals surface area contributed by atoms with E-state index in [1.165, 1.54) is 25.4 Å². The molecule has 2 N–H and O–H groups in total. The first-order valence-corrected chi connectivity index (χ1v) is 7.94. The molecule has 9 heteroatoms. The number of hydrogen-bond donors (Lipinski definition) is 2. The highest BCUT2D eigenvalue weighted by Gasteiger charge is 2.13. The van der Waals surface area contributed by atoms with Gasteiger partial charge in [0.05, 0.1) is 24.3 Å². The third-order valence-electron chi connectivity index (χ3n) is 3.07. The van der Waals surface area contributed by atoms with Gasteiger partial charge >= 0.3 is 0 Å². The molecule has 0 spiro atoms. The largest absolute Gasteiger partial charge is 0.493 e. The maximum atomic E-state index is 12.2. The van der Waals surface area contributed by atoms with E-state index < -0.39 is 11.8 Å². The van der Waals surface area contributed by atoms with Crippen LogP contribution in [0, 0.1) is 0 Å². The van der Waals surface area contributed by atoms with Crippen LogP contribution in [0.5, 0.6) is 11.5 Å². The number of carbonyl (C=O) groups excluding carboxylic acids is 2. The van der Waals surface area contributed by atoms with Crippen LogP contribution in [0.2, 0.25) is 10.2 Å². The standard InChI is InChI=1S/C16H15Cl2N3O4/c1-3-25-12-5-4-9(7-13(12)24-2)15(22)20-21-16(23)10-6-11(17)14(18)19-8-10/h4-8H,3H2,1-2H3,(H,20,22)(H,21,23). The molecule has 1 aromatic carbocycles. The number of halogens is 2. The van der Waals surface area contributed by atoms with Crippen molar-refractivity contribution in [1.29, 1.82) is 0 Å². The lowest BCUT2D eigenvalue weighted by atomic mass is 10.2. The Morgan fingerprint density at radius 1 is 1.08 bits per heavy atom. The minimum atomic E-state index is -0.586. The molecule has 2 rings (SSSR count). The molecule has 0 aliphatic carbocycles. The van der Waals surface area contributed by atoms with Gasteiger partial charge in [0.1, 0.15) is 5.15 Å². The van der Waals surface area contributed by atoms with Crippen LogP contribution in [0.1, 0.15) is 27.6 Å². The summed E-state index contributed by atoms with van der Waals surface area (Å²) in [5.74, 6) is -0.179. The van der Waals surface area contributed by atoms with E-state index in [-0.39, 0.29) is 21.3 Å². The fourth-order valence-electron chi connectivity index (χ4n) is 1.89. The number of pyridine rings is 1. The van der Waals surface area contributed by atoms with Crippen molar-refractivity contribution in [3.63, 3.8) is 0 Å². The highest BCUT2D eigenvalue weighted by molar-refractivity contribution is 6.41. The van der Waals surface area contributed by atoms with Gasteiger partial charge in [0.25, 0.3) is 11.8 Å². The Morgan fingerprint density at radius 3 is 2.36 bits per heavy atom. The summed E-state index contributed by atoms with van der Waals surface area (Å²) in [7, 11) is 1.47. The molecule has 0 unspecified atom stereocenters. The van der Waals surface area contributed by atoms with Crippen LogP contribution < -0.4 is 20.3 Å². The van der Waals surface area contributed by atoms with E-state index in [9.17, 15) is 9.59 Å². The maximum absolute atomic E-state index is 12.2. The Bertz CT molecular complexity index is 799. The molecule has 2 aromatic rings. The van der Waals surface area contributed by atoms with Crippen LogP contribution in [0.15, 0.2) is 30.5 Å². The monoisotopic (exact) mass is 383 g/mol. The molecule has 7 nitrogen and oxygen atoms in total. The number of carbonyl (C=O) groups is 2. The van der Waals surface area contributed by atoms with Crippen molar-refractivity contribution in [1.82, 2.24) is 15.8 Å². The molecule has 1 heterocycles. The molecule has 0 aliphatic rings. The number of rotatable bonds is 5. The fraction of sp³-hybridized carbons (Fsp3) is 0.188. The number of hydrogen-bond acceptors (Lipinski definition) is 5. The van der Waals surface area contributed by atoms with Crippen LogP contribution in [-0.4, -0.2) is 30.5 Å². The van der Waals surface area contributed by atoms with E-state index in [2.05, 4.69) is 15.8 Å². The van der Waals surface area contributed by atoms with Crippen molar-refractivity contribution in [3.05, 3.63) is 51.8 Å². The van der Waals surface area contributed by atoms with E-state index in [1.807, 2.05) is 6.92 Å². The van der Waals surface area contributed by atoms with Crippen molar-refractivity contribution in [3.8, 4) is 11.5 Å². The summed E-state index contributed by atoms with van der Waals surface area (Å²) in [5, 5.41) is 0.223. The summed E-state index contributed by atoms with van der Waals surface area (Å²) < 4.78 is 10.6. The first-order chi connectivity index (χ1) is 12.0. The van der Waals surface area contributed by atoms with Gasteiger partial charge in [-0.2, -0.15) is 0 Å². The Hall–Kier alpha value is -2.51. The minimum Gasteiger partial charge on any atom is -0.493 e. The van der Waals surface area contributed by atoms with E-state index in [4.69, 9.17) is 32.7 Å². The lowest BCUT2D eigenvalue weighted by molar-refractivity contribution is 0.0846. The molecule has 0 aliphatic heterocycles. The zero-order chi connectivity index (χ0) is 18.4. The molecule has 0 fully saturated rings. The van der Waals surface area contributed by atoms with Gasteiger partial charge in [-0.05, 0) is 31.2 Å². The topological polar surface area (TPSA) is 89.6 Å². The molecule has 25 heavy (non-hydrogen) atoms. The Labute approximate surface area is 154 Å². The molecule has 0 radical (unpaired) electrons. The summed E-state index contributed by atoms with van der Waals surface area (Å²) in [6.45, 7) is 2.31. The van der Waals surface area contributed by atoms with Crippen LogP contribution in [-0.2, 0) is 0 Å². The Balaban J connectivity index is 2.04. The van der Waals surface area contributed by atoms with Gasteiger partial charge in [0, 0.05) is 11.8 Å². The van der Waals surface area contributed by atoms with Crippen molar-refractivity contribution >= 4 is 35.0 Å². The van der Waals surface area contributed by atoms with Gasteiger partial charge in [0.15, 0.2) is 11.5 Å². The van der Waals surface area contributed by atoms with Crippen LogP contribution in [0.4, 0.5) is 0 Å². The third kappa shape index (κ3) is 4.74. The van der Waals surface area contributed by atoms with E-state index in [0.29, 0.717) is 18.1 Å². The highest BCUT2D eigenvalue weighted by atomic mass is 35.5. The number of methoxy groups -OCH3 is 1. The minimum absolute atomic E-state index is 0.0868. The van der Waals surface area contributed by atoms with Gasteiger partial charge in [-0.15, -0.1) is 0 Å². The van der Waals surface area contributed by atoms with Crippen molar-refractivity contribution in [2.45, 2.75) is 6.92 Å². The van der Waals surface area contributed by atoms with Gasteiger partial charge < -0.3 is 9.47 Å². The predicted molar refractivity (Wildman–Crippen MR) is 93.4 cm³/mol. The molecule has 0 saturated heterocycles. The van der Waals surface area contributed by atoms with Gasteiger partial charge in [0.2, 0.25) is 0 Å². The first kappa shape index (κ1) is 18.8. The van der Waals surface area contributed by atoms with Gasteiger partial charge in [-0.1, -0.05) is 23.2 Å². The second-order valence-electron chi connectivity index (χ2n) is 4.70. The van der Waals surface area contributed by atoms with E-state index >= 15 is 0 Å². The quantitative estimate of drug-likeness (QED) is 0.611. The van der Waals surface area contributed by atoms with E-state index in [1.54, 1.807) is 12.1 Å². The SMILES string of the molecule is CCOc1ccc(C(=O)NNC(=O)c2cnc(Cl)c(Cl)c2)cc1OC. The normalized spacial score (nSPS) is 10.1. The molecule has 0 saturated carbocycles. The Morgan fingerprint density at radius 2 is 1.76 bits per heavy atom. The number of nitrogens with one attached hydrogen (secondary N) is 2.